The molecule has 1 amide bonds. The molecule has 13 heavy (non-hydrogen) atoms. The fourth-order valence-electron chi connectivity index (χ4n) is 0.890. The van der Waals surface area contributed by atoms with Crippen LogP contribution in [0.5, 0.6) is 0 Å². The van der Waals surface area contributed by atoms with E-state index >= 15 is 0 Å². The second kappa shape index (κ2) is 4.91. The molecule has 0 saturated carbocycles. The van der Waals surface area contributed by atoms with Crippen molar-refractivity contribution in [2.24, 2.45) is 0 Å². The largest absolute Gasteiger partial charge is 0.277 e. The topological polar surface area (TPSA) is 62.1 Å². The SMILES string of the molecule is N#Cc1cccc(CONC=O)c1. The lowest BCUT2D eigenvalue weighted by Crippen LogP contribution is -2.11. The van der Waals surface area contributed by atoms with Gasteiger partial charge in [-0.05, 0) is 17.7 Å². The summed E-state index contributed by atoms with van der Waals surface area (Å²) in [4.78, 5) is 14.6. The minimum atomic E-state index is 0.258. The van der Waals surface area contributed by atoms with Crippen molar-refractivity contribution in [1.29, 1.82) is 5.26 Å². The Kier molecular flexibility index (Phi) is 3.48. The van der Waals surface area contributed by atoms with Crippen molar-refractivity contribution in [3.8, 4) is 6.07 Å². The Morgan fingerprint density at radius 2 is 2.46 bits per heavy atom. The fraction of sp³-hybridized carbons (Fsp3) is 0.111. The van der Waals surface area contributed by atoms with Crippen molar-refractivity contribution in [2.75, 3.05) is 0 Å². The first-order chi connectivity index (χ1) is 6.36. The van der Waals surface area contributed by atoms with Gasteiger partial charge in [0.05, 0.1) is 18.2 Å². The minimum absolute atomic E-state index is 0.258. The van der Waals surface area contributed by atoms with Crippen LogP contribution in [0.3, 0.4) is 0 Å². The summed E-state index contributed by atoms with van der Waals surface area (Å²) in [6.07, 6.45) is 0.453. The highest BCUT2D eigenvalue weighted by atomic mass is 16.6. The predicted molar refractivity (Wildman–Crippen MR) is 45.1 cm³/mol. The first-order valence-corrected chi connectivity index (χ1v) is 3.67. The van der Waals surface area contributed by atoms with Gasteiger partial charge in [0.15, 0.2) is 0 Å². The standard InChI is InChI=1S/C9H8N2O2/c10-5-8-2-1-3-9(4-8)6-13-11-7-12/h1-4,7H,6H2,(H,11,12). The maximum Gasteiger partial charge on any atom is 0.230 e. The van der Waals surface area contributed by atoms with Crippen LogP contribution in [-0.4, -0.2) is 6.41 Å². The summed E-state index contributed by atoms with van der Waals surface area (Å²) < 4.78 is 0. The smallest absolute Gasteiger partial charge is 0.230 e. The molecule has 0 aliphatic rings. The molecule has 4 nitrogen and oxygen atoms in total. The number of nitrogens with one attached hydrogen (secondary N) is 1. The molecule has 0 fully saturated rings. The quantitative estimate of drug-likeness (QED) is 0.418. The Bertz CT molecular complexity index is 331. The average molecular weight is 176 g/mol. The molecule has 1 N–H and O–H groups in total. The average Bonchev–Trinajstić information content (AvgIpc) is 2.19. The first-order valence-electron chi connectivity index (χ1n) is 3.67. The molecular weight excluding hydrogens is 168 g/mol. The van der Waals surface area contributed by atoms with E-state index in [9.17, 15) is 4.79 Å². The number of hydrogen-bond acceptors (Lipinski definition) is 3. The van der Waals surface area contributed by atoms with Crippen LogP contribution in [0.1, 0.15) is 11.1 Å². The Hall–Kier alpha value is -1.86. The van der Waals surface area contributed by atoms with Crippen LogP contribution in [0.4, 0.5) is 0 Å². The van der Waals surface area contributed by atoms with E-state index in [1.54, 1.807) is 18.2 Å². The predicted octanol–water partition coefficient (Wildman–Crippen LogP) is 0.736. The molecule has 1 aromatic carbocycles. The van der Waals surface area contributed by atoms with Crippen molar-refractivity contribution < 1.29 is 9.63 Å². The number of carbonyl (C=O) groups is 1. The molecule has 0 radical (unpaired) electrons. The highest BCUT2D eigenvalue weighted by molar-refractivity contribution is 5.43. The molecule has 0 spiro atoms. The van der Waals surface area contributed by atoms with Crippen molar-refractivity contribution >= 4 is 6.41 Å². The molecular formula is C9H8N2O2. The van der Waals surface area contributed by atoms with Crippen LogP contribution in [0.2, 0.25) is 0 Å². The second-order valence-electron chi connectivity index (χ2n) is 2.34. The number of hydroxylamine groups is 1. The Morgan fingerprint density at radius 1 is 1.62 bits per heavy atom. The zero-order chi connectivity index (χ0) is 9.52. The maximum absolute atomic E-state index is 9.83. The summed E-state index contributed by atoms with van der Waals surface area (Å²) >= 11 is 0. The van der Waals surface area contributed by atoms with Gasteiger partial charge >= 0.3 is 0 Å². The number of carbonyl (C=O) groups excluding carboxylic acids is 1. The molecule has 1 aromatic rings. The van der Waals surface area contributed by atoms with E-state index in [0.29, 0.717) is 12.0 Å². The molecule has 0 bridgehead atoms. The van der Waals surface area contributed by atoms with Crippen LogP contribution >= 0.6 is 0 Å². The second-order valence-corrected chi connectivity index (χ2v) is 2.34. The van der Waals surface area contributed by atoms with Gasteiger partial charge in [-0.3, -0.25) is 9.63 Å². The van der Waals surface area contributed by atoms with Crippen molar-refractivity contribution in [3.05, 3.63) is 35.4 Å². The first kappa shape index (κ1) is 9.23. The third-order valence-electron chi connectivity index (χ3n) is 1.43. The summed E-state index contributed by atoms with van der Waals surface area (Å²) in [5.74, 6) is 0. The fourth-order valence-corrected chi connectivity index (χ4v) is 0.890. The minimum Gasteiger partial charge on any atom is -0.277 e. The van der Waals surface area contributed by atoms with Crippen LogP contribution in [0.15, 0.2) is 24.3 Å². The highest BCUT2D eigenvalue weighted by Gasteiger charge is 1.94. The lowest BCUT2D eigenvalue weighted by atomic mass is 10.1. The number of nitrogens with zero attached hydrogens (tertiary/aromatic N) is 1. The lowest BCUT2D eigenvalue weighted by Gasteiger charge is -2.00. The maximum atomic E-state index is 9.83. The summed E-state index contributed by atoms with van der Waals surface area (Å²) in [5, 5.41) is 8.57. The van der Waals surface area contributed by atoms with Crippen LogP contribution in [0, 0.1) is 11.3 Å². The van der Waals surface area contributed by atoms with Gasteiger partial charge in [-0.25, -0.2) is 5.48 Å². The van der Waals surface area contributed by atoms with E-state index < -0.39 is 0 Å². The van der Waals surface area contributed by atoms with E-state index in [1.165, 1.54) is 0 Å². The third kappa shape index (κ3) is 2.93. The van der Waals surface area contributed by atoms with Gasteiger partial charge in [0, 0.05) is 0 Å². The van der Waals surface area contributed by atoms with Crippen molar-refractivity contribution in [2.45, 2.75) is 6.61 Å². The summed E-state index contributed by atoms with van der Waals surface area (Å²) in [6, 6.07) is 8.99. The molecule has 4 heteroatoms. The molecule has 0 saturated heterocycles. The molecule has 0 aromatic heterocycles. The van der Waals surface area contributed by atoms with Crippen LogP contribution in [-0.2, 0) is 16.2 Å². The summed E-state index contributed by atoms with van der Waals surface area (Å²) in [5.41, 5.74) is 3.49. The Morgan fingerprint density at radius 3 is 3.15 bits per heavy atom. The number of benzene rings is 1. The van der Waals surface area contributed by atoms with Gasteiger partial charge in [0.1, 0.15) is 0 Å². The van der Waals surface area contributed by atoms with Gasteiger partial charge in [-0.1, -0.05) is 12.1 Å². The zero-order valence-corrected chi connectivity index (χ0v) is 6.86. The molecule has 0 heterocycles. The van der Waals surface area contributed by atoms with E-state index in [-0.39, 0.29) is 6.61 Å². The number of nitriles is 1. The van der Waals surface area contributed by atoms with Gasteiger partial charge < -0.3 is 0 Å². The van der Waals surface area contributed by atoms with E-state index in [0.717, 1.165) is 5.56 Å². The van der Waals surface area contributed by atoms with Gasteiger partial charge in [0.2, 0.25) is 6.41 Å². The summed E-state index contributed by atoms with van der Waals surface area (Å²) in [7, 11) is 0. The molecule has 1 rings (SSSR count). The third-order valence-corrected chi connectivity index (χ3v) is 1.43. The Balaban J connectivity index is 2.57. The van der Waals surface area contributed by atoms with Crippen molar-refractivity contribution in [1.82, 2.24) is 5.48 Å². The van der Waals surface area contributed by atoms with E-state index in [1.807, 2.05) is 12.1 Å². The highest BCUT2D eigenvalue weighted by Crippen LogP contribution is 2.04. The van der Waals surface area contributed by atoms with E-state index in [4.69, 9.17) is 10.1 Å². The number of rotatable bonds is 4. The lowest BCUT2D eigenvalue weighted by molar-refractivity contribution is -0.121. The molecule has 0 unspecified atom stereocenters. The van der Waals surface area contributed by atoms with Crippen LogP contribution < -0.4 is 5.48 Å². The summed E-state index contributed by atoms with van der Waals surface area (Å²) in [6.45, 7) is 0.258. The van der Waals surface area contributed by atoms with Gasteiger partial charge in [-0.15, -0.1) is 0 Å². The normalized spacial score (nSPS) is 8.85. The van der Waals surface area contributed by atoms with Gasteiger partial charge in [-0.2, -0.15) is 5.26 Å². The van der Waals surface area contributed by atoms with Crippen LogP contribution in [0.25, 0.3) is 0 Å². The molecule has 0 aliphatic carbocycles. The Labute approximate surface area is 75.7 Å². The molecule has 0 atom stereocenters. The molecule has 66 valence electrons. The zero-order valence-electron chi connectivity index (χ0n) is 6.86. The van der Waals surface area contributed by atoms with Gasteiger partial charge in [0.25, 0.3) is 0 Å². The van der Waals surface area contributed by atoms with E-state index in [2.05, 4.69) is 5.48 Å². The number of hydrogen-bond donors (Lipinski definition) is 1. The van der Waals surface area contributed by atoms with Crippen molar-refractivity contribution in [3.63, 3.8) is 0 Å². The number of amides is 1. The monoisotopic (exact) mass is 176 g/mol. The molecule has 0 aliphatic heterocycles.